The second-order valence-corrected chi connectivity index (χ2v) is 7.49. The lowest BCUT2D eigenvalue weighted by Gasteiger charge is -2.19. The molecule has 0 radical (unpaired) electrons. The first-order valence-electron chi connectivity index (χ1n) is 9.76. The quantitative estimate of drug-likeness (QED) is 0.396. The summed E-state index contributed by atoms with van der Waals surface area (Å²) in [5.74, 6) is 1.43. The van der Waals surface area contributed by atoms with Crippen LogP contribution in [0, 0.1) is 0 Å². The number of amides is 3. The lowest BCUT2D eigenvalue weighted by Crippen LogP contribution is -2.35. The number of nitrogens with one attached hydrogen (secondary N) is 3. The van der Waals surface area contributed by atoms with E-state index < -0.39 is 11.9 Å². The van der Waals surface area contributed by atoms with Crippen LogP contribution >= 0.6 is 11.8 Å². The highest BCUT2D eigenvalue weighted by molar-refractivity contribution is 7.99. The number of anilines is 2. The molecule has 2 aromatic carbocycles. The molecule has 3 amide bonds. The topological polar surface area (TPSA) is 114 Å². The van der Waals surface area contributed by atoms with Gasteiger partial charge in [0, 0.05) is 23.7 Å². The highest BCUT2D eigenvalue weighted by Crippen LogP contribution is 2.32. The molecule has 0 bridgehead atoms. The van der Waals surface area contributed by atoms with E-state index in [1.54, 1.807) is 18.2 Å². The Labute approximate surface area is 182 Å². The van der Waals surface area contributed by atoms with Crippen LogP contribution in [-0.2, 0) is 4.79 Å². The molecule has 160 valence electrons. The summed E-state index contributed by atoms with van der Waals surface area (Å²) in [4.78, 5) is 33.3. The van der Waals surface area contributed by atoms with Crippen molar-refractivity contribution in [1.29, 1.82) is 0 Å². The average Bonchev–Trinajstić information content (AvgIpc) is 2.78. The van der Waals surface area contributed by atoms with Gasteiger partial charge in [-0.1, -0.05) is 23.9 Å². The molecule has 31 heavy (non-hydrogen) atoms. The number of carbonyl (C=O) groups is 2. The van der Waals surface area contributed by atoms with Crippen molar-refractivity contribution in [2.75, 3.05) is 36.1 Å². The summed E-state index contributed by atoms with van der Waals surface area (Å²) in [5, 5.41) is 9.50. The van der Waals surface area contributed by atoms with Gasteiger partial charge in [-0.05, 0) is 31.2 Å². The molecule has 0 aliphatic carbocycles. The predicted octanol–water partition coefficient (Wildman–Crippen LogP) is 3.27. The van der Waals surface area contributed by atoms with E-state index in [0.29, 0.717) is 47.9 Å². The number of ether oxygens (including phenoxy) is 2. The van der Waals surface area contributed by atoms with Crippen LogP contribution in [0.15, 0.2) is 47.6 Å². The van der Waals surface area contributed by atoms with E-state index in [1.807, 2.05) is 31.2 Å². The number of aromatic nitrogens is 2. The van der Waals surface area contributed by atoms with Crippen molar-refractivity contribution in [3.8, 4) is 11.5 Å². The third-order valence-electron chi connectivity index (χ3n) is 4.31. The zero-order chi connectivity index (χ0) is 21.6. The Kier molecular flexibility index (Phi) is 6.37. The molecule has 10 heteroatoms. The van der Waals surface area contributed by atoms with E-state index in [2.05, 4.69) is 25.9 Å². The fourth-order valence-corrected chi connectivity index (χ4v) is 3.65. The van der Waals surface area contributed by atoms with Gasteiger partial charge in [-0.25, -0.2) is 14.8 Å². The number of rotatable bonds is 6. The number of thioether (sulfide) groups is 1. The summed E-state index contributed by atoms with van der Waals surface area (Å²) in [7, 11) is 0. The maximum Gasteiger partial charge on any atom is 0.325 e. The van der Waals surface area contributed by atoms with Gasteiger partial charge in [0.1, 0.15) is 19.0 Å². The number of fused-ring (bicyclic) bond motifs is 2. The van der Waals surface area contributed by atoms with E-state index in [4.69, 9.17) is 9.47 Å². The third-order valence-corrected chi connectivity index (χ3v) is 5.16. The van der Waals surface area contributed by atoms with Crippen LogP contribution in [0.25, 0.3) is 10.9 Å². The summed E-state index contributed by atoms with van der Waals surface area (Å²) in [6, 6.07) is 12.1. The van der Waals surface area contributed by atoms with E-state index in [0.717, 1.165) is 22.7 Å². The highest BCUT2D eigenvalue weighted by Gasteiger charge is 2.15. The van der Waals surface area contributed by atoms with E-state index in [9.17, 15) is 9.59 Å². The van der Waals surface area contributed by atoms with Crippen molar-refractivity contribution in [2.24, 2.45) is 0 Å². The molecule has 0 atom stereocenters. The first-order chi connectivity index (χ1) is 15.1. The molecule has 4 rings (SSSR count). The zero-order valence-electron chi connectivity index (χ0n) is 16.8. The van der Waals surface area contributed by atoms with Crippen LogP contribution in [0.1, 0.15) is 6.92 Å². The number of benzene rings is 2. The molecule has 1 aliphatic heterocycles. The van der Waals surface area contributed by atoms with Gasteiger partial charge < -0.3 is 20.1 Å². The van der Waals surface area contributed by atoms with Gasteiger partial charge in [0.05, 0.1) is 11.3 Å². The fourth-order valence-electron chi connectivity index (χ4n) is 3.00. The first kappa shape index (κ1) is 20.7. The SMILES string of the molecule is CCNc1nc(SCC(=O)NC(=O)Nc2ccc3c(c2)OCCO3)nc2ccccc12. The summed E-state index contributed by atoms with van der Waals surface area (Å²) in [6.07, 6.45) is 0. The number of nitrogens with zero attached hydrogens (tertiary/aromatic N) is 2. The Bertz CT molecular complexity index is 1120. The van der Waals surface area contributed by atoms with Gasteiger partial charge in [-0.2, -0.15) is 0 Å². The smallest absolute Gasteiger partial charge is 0.325 e. The Morgan fingerprint density at radius 3 is 2.71 bits per heavy atom. The molecule has 3 aromatic rings. The monoisotopic (exact) mass is 439 g/mol. The fraction of sp³-hybridized carbons (Fsp3) is 0.238. The van der Waals surface area contributed by atoms with Gasteiger partial charge in [-0.3, -0.25) is 10.1 Å². The molecular formula is C21H21N5O4S. The maximum absolute atomic E-state index is 12.2. The predicted molar refractivity (Wildman–Crippen MR) is 119 cm³/mol. The minimum absolute atomic E-state index is 0.00152. The minimum atomic E-state index is -0.630. The minimum Gasteiger partial charge on any atom is -0.486 e. The lowest BCUT2D eigenvalue weighted by atomic mass is 10.2. The van der Waals surface area contributed by atoms with Crippen molar-refractivity contribution >= 4 is 46.1 Å². The molecule has 0 fully saturated rings. The van der Waals surface area contributed by atoms with Gasteiger partial charge >= 0.3 is 6.03 Å². The van der Waals surface area contributed by atoms with E-state index in [-0.39, 0.29) is 5.75 Å². The number of urea groups is 1. The molecule has 1 aromatic heterocycles. The van der Waals surface area contributed by atoms with Crippen LogP contribution in [0.4, 0.5) is 16.3 Å². The molecular weight excluding hydrogens is 418 g/mol. The van der Waals surface area contributed by atoms with Crippen molar-refractivity contribution < 1.29 is 19.1 Å². The Morgan fingerprint density at radius 1 is 1.06 bits per heavy atom. The molecule has 2 heterocycles. The van der Waals surface area contributed by atoms with Crippen molar-refractivity contribution in [2.45, 2.75) is 12.1 Å². The van der Waals surface area contributed by atoms with Crippen molar-refractivity contribution in [3.63, 3.8) is 0 Å². The second-order valence-electron chi connectivity index (χ2n) is 6.55. The Hall–Kier alpha value is -3.53. The van der Waals surface area contributed by atoms with Gasteiger partial charge in [0.15, 0.2) is 16.7 Å². The summed E-state index contributed by atoms with van der Waals surface area (Å²) in [6.45, 7) is 3.64. The van der Waals surface area contributed by atoms with Crippen LogP contribution in [0.2, 0.25) is 0 Å². The van der Waals surface area contributed by atoms with Crippen LogP contribution in [0.3, 0.4) is 0 Å². The Morgan fingerprint density at radius 2 is 1.87 bits per heavy atom. The normalized spacial score (nSPS) is 12.3. The standard InChI is InChI=1S/C21H21N5O4S/c1-2-22-19-14-5-3-4-6-15(14)24-21(26-19)31-12-18(27)25-20(28)23-13-7-8-16-17(11-13)30-10-9-29-16/h3-8,11H,2,9-10,12H2,1H3,(H,22,24,26)(H2,23,25,27,28). The second kappa shape index (κ2) is 9.52. The summed E-state index contributed by atoms with van der Waals surface area (Å²) >= 11 is 1.16. The van der Waals surface area contributed by atoms with E-state index >= 15 is 0 Å². The van der Waals surface area contributed by atoms with Crippen molar-refractivity contribution in [1.82, 2.24) is 15.3 Å². The van der Waals surface area contributed by atoms with Crippen LogP contribution < -0.4 is 25.4 Å². The lowest BCUT2D eigenvalue weighted by molar-refractivity contribution is -0.117. The summed E-state index contributed by atoms with van der Waals surface area (Å²) < 4.78 is 10.9. The number of imide groups is 1. The molecule has 0 unspecified atom stereocenters. The van der Waals surface area contributed by atoms with Crippen LogP contribution in [-0.4, -0.2) is 47.4 Å². The molecule has 0 spiro atoms. The largest absolute Gasteiger partial charge is 0.486 e. The molecule has 1 aliphatic rings. The van der Waals surface area contributed by atoms with E-state index in [1.165, 1.54) is 0 Å². The number of para-hydroxylation sites is 1. The third kappa shape index (κ3) is 5.15. The zero-order valence-corrected chi connectivity index (χ0v) is 17.6. The number of hydrogen-bond donors (Lipinski definition) is 3. The molecule has 3 N–H and O–H groups in total. The first-order valence-corrected chi connectivity index (χ1v) is 10.7. The van der Waals surface area contributed by atoms with Gasteiger partial charge in [0.2, 0.25) is 5.91 Å². The highest BCUT2D eigenvalue weighted by atomic mass is 32.2. The average molecular weight is 439 g/mol. The summed E-state index contributed by atoms with van der Waals surface area (Å²) in [5.41, 5.74) is 1.28. The maximum atomic E-state index is 12.2. The Balaban J connectivity index is 1.34. The van der Waals surface area contributed by atoms with Crippen molar-refractivity contribution in [3.05, 3.63) is 42.5 Å². The molecule has 0 saturated heterocycles. The number of hydrogen-bond acceptors (Lipinski definition) is 8. The van der Waals surface area contributed by atoms with Crippen LogP contribution in [0.5, 0.6) is 11.5 Å². The molecule has 0 saturated carbocycles. The molecule has 9 nitrogen and oxygen atoms in total. The number of carbonyl (C=O) groups excluding carboxylic acids is 2. The van der Waals surface area contributed by atoms with Gasteiger partial charge in [-0.15, -0.1) is 0 Å². The van der Waals surface area contributed by atoms with Gasteiger partial charge in [0.25, 0.3) is 0 Å².